The summed E-state index contributed by atoms with van der Waals surface area (Å²) < 4.78 is 29.6. The second-order valence-electron chi connectivity index (χ2n) is 5.77. The van der Waals surface area contributed by atoms with Crippen LogP contribution in [0.2, 0.25) is 0 Å². The van der Waals surface area contributed by atoms with Crippen molar-refractivity contribution in [2.45, 2.75) is 17.5 Å². The number of amides is 1. The van der Waals surface area contributed by atoms with Crippen LogP contribution in [-0.2, 0) is 30.9 Å². The molecule has 6 nitrogen and oxygen atoms in total. The number of methoxy groups -OCH3 is 1. The number of carbonyl (C=O) groups excluding carboxylic acids is 1. The Morgan fingerprint density at radius 1 is 1.08 bits per heavy atom. The van der Waals surface area contributed by atoms with Gasteiger partial charge in [0.05, 0.1) is 18.1 Å². The lowest BCUT2D eigenvalue weighted by atomic mass is 10.2. The summed E-state index contributed by atoms with van der Waals surface area (Å²) in [5, 5.41) is 2.66. The summed E-state index contributed by atoms with van der Waals surface area (Å²) in [6.45, 7) is 0.108. The van der Waals surface area contributed by atoms with Crippen molar-refractivity contribution in [1.29, 1.82) is 0 Å². The Hall–Kier alpha value is -2.22. The second kappa shape index (κ2) is 8.75. The van der Waals surface area contributed by atoms with Gasteiger partial charge in [-0.2, -0.15) is 0 Å². The van der Waals surface area contributed by atoms with Crippen molar-refractivity contribution in [2.24, 2.45) is 5.73 Å². The molecule has 0 heterocycles. The Balaban J connectivity index is 2.04. The summed E-state index contributed by atoms with van der Waals surface area (Å²) in [7, 11) is -1.85. The zero-order valence-electron chi connectivity index (χ0n) is 14.0. The van der Waals surface area contributed by atoms with E-state index in [0.29, 0.717) is 11.3 Å². The zero-order chi connectivity index (χ0) is 18.3. The number of rotatable bonds is 8. The Morgan fingerprint density at radius 2 is 1.72 bits per heavy atom. The molecule has 0 spiro atoms. The number of nitrogens with one attached hydrogen (secondary N) is 1. The van der Waals surface area contributed by atoms with Gasteiger partial charge >= 0.3 is 0 Å². The Labute approximate surface area is 147 Å². The van der Waals surface area contributed by atoms with Crippen LogP contribution in [0, 0.1) is 0 Å². The van der Waals surface area contributed by atoms with Crippen LogP contribution in [0.1, 0.15) is 11.1 Å². The van der Waals surface area contributed by atoms with Gasteiger partial charge in [-0.15, -0.1) is 0 Å². The molecular weight excluding hydrogens is 340 g/mol. The van der Waals surface area contributed by atoms with Gasteiger partial charge in [0, 0.05) is 12.8 Å². The highest BCUT2D eigenvalue weighted by Crippen LogP contribution is 2.16. The first-order chi connectivity index (χ1) is 11.9. The molecule has 0 fully saturated rings. The maximum absolute atomic E-state index is 12.4. The van der Waals surface area contributed by atoms with Crippen LogP contribution < -0.4 is 11.1 Å². The van der Waals surface area contributed by atoms with E-state index < -0.39 is 15.9 Å². The molecule has 2 aromatic carbocycles. The fourth-order valence-electron chi connectivity index (χ4n) is 2.36. The maximum Gasteiger partial charge on any atom is 0.243 e. The third-order valence-corrected chi connectivity index (χ3v) is 5.04. The summed E-state index contributed by atoms with van der Waals surface area (Å²) in [5.41, 5.74) is 7.53. The molecule has 0 saturated carbocycles. The Bertz CT molecular complexity index is 807. The smallest absolute Gasteiger partial charge is 0.243 e. The number of ether oxygens (including phenoxy) is 1. The van der Waals surface area contributed by atoms with Crippen molar-refractivity contribution in [1.82, 2.24) is 0 Å². The average Bonchev–Trinajstić information content (AvgIpc) is 2.55. The molecule has 2 rings (SSSR count). The highest BCUT2D eigenvalue weighted by Gasteiger charge is 2.15. The molecule has 7 heteroatoms. The molecule has 134 valence electrons. The minimum absolute atomic E-state index is 0.0247. The molecule has 0 aliphatic carbocycles. The van der Waals surface area contributed by atoms with Gasteiger partial charge in [-0.1, -0.05) is 42.5 Å². The molecular formula is C18H22N2O4S. The SMILES string of the molecule is COCC(N)C(=O)Nc1cccc(CS(=O)(=O)Cc2ccccc2)c1. The van der Waals surface area contributed by atoms with Crippen molar-refractivity contribution < 1.29 is 17.9 Å². The topological polar surface area (TPSA) is 98.5 Å². The molecule has 1 unspecified atom stereocenters. The molecule has 2 aromatic rings. The monoisotopic (exact) mass is 362 g/mol. The first kappa shape index (κ1) is 19.1. The molecule has 0 saturated heterocycles. The van der Waals surface area contributed by atoms with Crippen molar-refractivity contribution in [3.8, 4) is 0 Å². The van der Waals surface area contributed by atoms with E-state index in [-0.39, 0.29) is 24.0 Å². The largest absolute Gasteiger partial charge is 0.383 e. The molecule has 1 amide bonds. The van der Waals surface area contributed by atoms with Crippen LogP contribution in [0.15, 0.2) is 54.6 Å². The normalized spacial score (nSPS) is 12.6. The minimum Gasteiger partial charge on any atom is -0.383 e. The van der Waals surface area contributed by atoms with Gasteiger partial charge in [-0.3, -0.25) is 4.79 Å². The predicted molar refractivity (Wildman–Crippen MR) is 97.7 cm³/mol. The zero-order valence-corrected chi connectivity index (χ0v) is 14.8. The van der Waals surface area contributed by atoms with Crippen LogP contribution >= 0.6 is 0 Å². The van der Waals surface area contributed by atoms with E-state index in [1.54, 1.807) is 36.4 Å². The lowest BCUT2D eigenvalue weighted by Gasteiger charge is -2.12. The maximum atomic E-state index is 12.4. The highest BCUT2D eigenvalue weighted by atomic mass is 32.2. The van der Waals surface area contributed by atoms with Crippen LogP contribution in [0.25, 0.3) is 0 Å². The third-order valence-electron chi connectivity index (χ3n) is 3.49. The average molecular weight is 362 g/mol. The Morgan fingerprint density at radius 3 is 2.40 bits per heavy atom. The first-order valence-electron chi connectivity index (χ1n) is 7.78. The van der Waals surface area contributed by atoms with E-state index in [0.717, 1.165) is 5.56 Å². The van der Waals surface area contributed by atoms with E-state index in [1.807, 2.05) is 18.2 Å². The molecule has 25 heavy (non-hydrogen) atoms. The lowest BCUT2D eigenvalue weighted by molar-refractivity contribution is -0.118. The van der Waals surface area contributed by atoms with Gasteiger partial charge in [-0.05, 0) is 23.3 Å². The number of hydrogen-bond donors (Lipinski definition) is 2. The summed E-state index contributed by atoms with van der Waals surface area (Å²) in [5.74, 6) is -0.509. The number of hydrogen-bond acceptors (Lipinski definition) is 5. The van der Waals surface area contributed by atoms with Crippen molar-refractivity contribution >= 4 is 21.4 Å². The lowest BCUT2D eigenvalue weighted by Crippen LogP contribution is -2.39. The van der Waals surface area contributed by atoms with E-state index in [2.05, 4.69) is 5.32 Å². The van der Waals surface area contributed by atoms with Crippen LogP contribution in [0.3, 0.4) is 0 Å². The van der Waals surface area contributed by atoms with Gasteiger partial charge in [-0.25, -0.2) is 8.42 Å². The van der Waals surface area contributed by atoms with Gasteiger partial charge in [0.15, 0.2) is 9.84 Å². The summed E-state index contributed by atoms with van der Waals surface area (Å²) in [4.78, 5) is 11.9. The van der Waals surface area contributed by atoms with Gasteiger partial charge in [0.25, 0.3) is 0 Å². The third kappa shape index (κ3) is 6.30. The Kier molecular flexibility index (Phi) is 6.69. The van der Waals surface area contributed by atoms with Crippen LogP contribution in [-0.4, -0.2) is 34.1 Å². The highest BCUT2D eigenvalue weighted by molar-refractivity contribution is 7.89. The molecule has 0 aliphatic rings. The second-order valence-corrected chi connectivity index (χ2v) is 7.83. The first-order valence-corrected chi connectivity index (χ1v) is 9.60. The van der Waals surface area contributed by atoms with Gasteiger partial charge in [0.1, 0.15) is 6.04 Å². The summed E-state index contributed by atoms with van der Waals surface area (Å²) >= 11 is 0. The van der Waals surface area contributed by atoms with Crippen molar-refractivity contribution in [3.05, 3.63) is 65.7 Å². The number of sulfone groups is 1. The van der Waals surface area contributed by atoms with E-state index in [1.165, 1.54) is 7.11 Å². The number of nitrogens with two attached hydrogens (primary N) is 1. The number of carbonyl (C=O) groups is 1. The number of anilines is 1. The van der Waals surface area contributed by atoms with Crippen LogP contribution in [0.5, 0.6) is 0 Å². The van der Waals surface area contributed by atoms with Gasteiger partial charge in [0.2, 0.25) is 5.91 Å². The molecule has 0 bridgehead atoms. The summed E-state index contributed by atoms with van der Waals surface area (Å²) in [6.07, 6.45) is 0. The van der Waals surface area contributed by atoms with Crippen molar-refractivity contribution in [2.75, 3.05) is 19.0 Å². The molecule has 0 radical (unpaired) electrons. The fraction of sp³-hybridized carbons (Fsp3) is 0.278. The van der Waals surface area contributed by atoms with Gasteiger partial charge < -0.3 is 15.8 Å². The number of benzene rings is 2. The fourth-order valence-corrected chi connectivity index (χ4v) is 3.85. The molecule has 0 aliphatic heterocycles. The standard InChI is InChI=1S/C18H22N2O4S/c1-24-11-17(19)18(21)20-16-9-5-8-15(10-16)13-25(22,23)12-14-6-3-2-4-7-14/h2-10,17H,11-13,19H2,1H3,(H,20,21). The summed E-state index contributed by atoms with van der Waals surface area (Å²) in [6, 6.07) is 15.0. The van der Waals surface area contributed by atoms with Crippen LogP contribution in [0.4, 0.5) is 5.69 Å². The minimum atomic E-state index is -3.32. The van der Waals surface area contributed by atoms with E-state index in [9.17, 15) is 13.2 Å². The quantitative estimate of drug-likeness (QED) is 0.745. The van der Waals surface area contributed by atoms with E-state index >= 15 is 0 Å². The predicted octanol–water partition coefficient (Wildman–Crippen LogP) is 1.71. The molecule has 3 N–H and O–H groups in total. The molecule has 0 aromatic heterocycles. The van der Waals surface area contributed by atoms with E-state index in [4.69, 9.17) is 10.5 Å². The van der Waals surface area contributed by atoms with Crippen molar-refractivity contribution in [3.63, 3.8) is 0 Å². The molecule has 1 atom stereocenters.